The second-order valence-electron chi connectivity index (χ2n) is 10.7. The molecular formula is C36H60FN5O. The molecule has 2 amide bonds. The number of aromatic nitrogens is 2. The minimum atomic E-state index is -0.245. The number of halogens is 1. The summed E-state index contributed by atoms with van der Waals surface area (Å²) in [5.74, 6) is 0.959. The maximum absolute atomic E-state index is 13.6. The molecule has 242 valence electrons. The lowest BCUT2D eigenvalue weighted by Crippen LogP contribution is -2.42. The number of piperidine rings is 1. The molecule has 2 atom stereocenters. The summed E-state index contributed by atoms with van der Waals surface area (Å²) in [6.07, 6.45) is 16.4. The van der Waals surface area contributed by atoms with Crippen LogP contribution in [0.25, 0.3) is 11.0 Å². The number of nitrogens with zero attached hydrogens (tertiary/aromatic N) is 3. The molecule has 1 unspecified atom stereocenters. The highest BCUT2D eigenvalue weighted by Crippen LogP contribution is 2.21. The predicted molar refractivity (Wildman–Crippen MR) is 185 cm³/mol. The number of hydrogen-bond donors (Lipinski definition) is 2. The van der Waals surface area contributed by atoms with Gasteiger partial charge in [0.15, 0.2) is 5.82 Å². The Morgan fingerprint density at radius 3 is 2.37 bits per heavy atom. The van der Waals surface area contributed by atoms with Gasteiger partial charge in [0.25, 0.3) is 0 Å². The fourth-order valence-corrected chi connectivity index (χ4v) is 4.63. The number of benzene rings is 1. The number of likely N-dealkylation sites (N-methyl/N-ethyl adjacent to an activating group) is 1. The van der Waals surface area contributed by atoms with Crippen molar-refractivity contribution in [2.75, 3.05) is 33.2 Å². The molecule has 4 rings (SSSR count). The first-order chi connectivity index (χ1) is 20.8. The summed E-state index contributed by atoms with van der Waals surface area (Å²) in [5, 5.41) is 2.93. The molecule has 2 aromatic rings. The summed E-state index contributed by atoms with van der Waals surface area (Å²) in [4.78, 5) is 23.7. The molecule has 0 saturated carbocycles. The zero-order valence-corrected chi connectivity index (χ0v) is 28.2. The van der Waals surface area contributed by atoms with E-state index in [9.17, 15) is 9.18 Å². The average molecular weight is 598 g/mol. The Hall–Kier alpha value is -3.19. The van der Waals surface area contributed by atoms with Crippen molar-refractivity contribution in [3.8, 4) is 0 Å². The number of fused-ring (bicyclic) bond motifs is 1. The van der Waals surface area contributed by atoms with E-state index < -0.39 is 0 Å². The van der Waals surface area contributed by atoms with Gasteiger partial charge in [-0.3, -0.25) is 0 Å². The van der Waals surface area contributed by atoms with Gasteiger partial charge < -0.3 is 20.1 Å². The fourth-order valence-electron chi connectivity index (χ4n) is 4.63. The molecule has 1 aliphatic heterocycles. The lowest BCUT2D eigenvalue weighted by atomic mass is 10.1. The van der Waals surface area contributed by atoms with Crippen LogP contribution in [-0.2, 0) is 0 Å². The van der Waals surface area contributed by atoms with Crippen LogP contribution in [0.4, 0.5) is 9.18 Å². The summed E-state index contributed by atoms with van der Waals surface area (Å²) in [5.41, 5.74) is 2.47. The van der Waals surface area contributed by atoms with Gasteiger partial charge in [0.1, 0.15) is 11.3 Å². The summed E-state index contributed by atoms with van der Waals surface area (Å²) < 4.78 is 13.6. The number of imidazole rings is 1. The number of rotatable bonds is 8. The van der Waals surface area contributed by atoms with Gasteiger partial charge in [0.05, 0.1) is 5.52 Å². The van der Waals surface area contributed by atoms with Gasteiger partial charge >= 0.3 is 6.03 Å². The molecule has 43 heavy (non-hydrogen) atoms. The van der Waals surface area contributed by atoms with Gasteiger partial charge in [0, 0.05) is 32.1 Å². The van der Waals surface area contributed by atoms with Crippen LogP contribution < -0.4 is 5.32 Å². The van der Waals surface area contributed by atoms with Crippen LogP contribution >= 0.6 is 0 Å². The van der Waals surface area contributed by atoms with Crippen molar-refractivity contribution in [3.05, 3.63) is 79.5 Å². The van der Waals surface area contributed by atoms with Crippen molar-refractivity contribution in [2.45, 2.75) is 98.4 Å². The minimum Gasteiger partial charge on any atom is -0.342 e. The highest BCUT2D eigenvalue weighted by Gasteiger charge is 2.18. The number of nitrogens with one attached hydrogen (secondary N) is 2. The number of urea groups is 1. The molecular weight excluding hydrogens is 537 g/mol. The van der Waals surface area contributed by atoms with E-state index in [-0.39, 0.29) is 17.9 Å². The van der Waals surface area contributed by atoms with Crippen molar-refractivity contribution in [1.29, 1.82) is 0 Å². The Morgan fingerprint density at radius 1 is 1.16 bits per heavy atom. The second-order valence-corrected chi connectivity index (χ2v) is 10.7. The quantitative estimate of drug-likeness (QED) is 0.298. The van der Waals surface area contributed by atoms with Crippen LogP contribution in [0.15, 0.2) is 67.8 Å². The molecule has 0 bridgehead atoms. The normalized spacial score (nSPS) is 15.3. The van der Waals surface area contributed by atoms with Crippen molar-refractivity contribution in [2.24, 2.45) is 0 Å². The molecule has 1 aromatic heterocycles. The predicted octanol–water partition coefficient (Wildman–Crippen LogP) is 9.40. The third-order valence-corrected chi connectivity index (χ3v) is 6.66. The summed E-state index contributed by atoms with van der Waals surface area (Å²) in [6.45, 7) is 26.1. The van der Waals surface area contributed by atoms with E-state index in [4.69, 9.17) is 0 Å². The average Bonchev–Trinajstić information content (AvgIpc) is 3.47. The largest absolute Gasteiger partial charge is 0.342 e. The van der Waals surface area contributed by atoms with Crippen molar-refractivity contribution < 1.29 is 9.18 Å². The Labute approximate surface area is 262 Å². The van der Waals surface area contributed by atoms with Crippen molar-refractivity contribution in [1.82, 2.24) is 25.1 Å². The molecule has 2 aliphatic rings. The number of para-hydroxylation sites is 1. The Bertz CT molecular complexity index is 1090. The maximum atomic E-state index is 13.6. The van der Waals surface area contributed by atoms with Crippen LogP contribution in [0.2, 0.25) is 0 Å². The van der Waals surface area contributed by atoms with Gasteiger partial charge in [-0.05, 0) is 69.8 Å². The van der Waals surface area contributed by atoms with E-state index in [1.54, 1.807) is 11.0 Å². The number of H-pyrrole nitrogens is 1. The number of amides is 2. The van der Waals surface area contributed by atoms with E-state index in [1.807, 2.05) is 40.0 Å². The molecule has 0 radical (unpaired) electrons. The lowest BCUT2D eigenvalue weighted by Gasteiger charge is -2.28. The van der Waals surface area contributed by atoms with Crippen LogP contribution in [0.5, 0.6) is 0 Å². The Morgan fingerprint density at radius 2 is 1.81 bits per heavy atom. The van der Waals surface area contributed by atoms with Crippen LogP contribution in [0.1, 0.15) is 98.2 Å². The summed E-state index contributed by atoms with van der Waals surface area (Å²) in [6, 6.07) is 5.16. The summed E-state index contributed by atoms with van der Waals surface area (Å²) in [7, 11) is 1.82. The lowest BCUT2D eigenvalue weighted by molar-refractivity contribution is 0.209. The SMILES string of the molecule is C=C.C=CCC(C)NC(=O)N(C)CC1=CCCC=C1.CC.CCC.C[C@H](CN1CCCCC1)c1nc2c(F)cccc2[nH]1. The number of aromatic amines is 1. The number of carbonyl (C=O) groups is 1. The minimum absolute atomic E-state index is 0.0285. The molecule has 2 heterocycles. The molecule has 1 fully saturated rings. The Balaban J connectivity index is 0.000000684. The van der Waals surface area contributed by atoms with Gasteiger partial charge in [0.2, 0.25) is 0 Å². The summed E-state index contributed by atoms with van der Waals surface area (Å²) >= 11 is 0. The highest BCUT2D eigenvalue weighted by atomic mass is 19.1. The molecule has 1 saturated heterocycles. The van der Waals surface area contributed by atoms with Gasteiger partial charge in [-0.25, -0.2) is 14.2 Å². The third kappa shape index (κ3) is 15.7. The number of hydrogen-bond acceptors (Lipinski definition) is 3. The van der Waals surface area contributed by atoms with Gasteiger partial charge in [-0.15, -0.1) is 19.7 Å². The monoisotopic (exact) mass is 597 g/mol. The zero-order chi connectivity index (χ0) is 32.6. The number of likely N-dealkylation sites (tertiary alicyclic amines) is 1. The first kappa shape index (κ1) is 39.8. The number of allylic oxidation sites excluding steroid dienone is 2. The molecule has 1 aliphatic carbocycles. The first-order valence-corrected chi connectivity index (χ1v) is 16.1. The molecule has 0 spiro atoms. The fraction of sp³-hybridized carbons (Fsp3) is 0.556. The van der Waals surface area contributed by atoms with E-state index >= 15 is 0 Å². The van der Waals surface area contributed by atoms with E-state index in [0.29, 0.717) is 18.0 Å². The van der Waals surface area contributed by atoms with Crippen LogP contribution in [-0.4, -0.2) is 65.1 Å². The van der Waals surface area contributed by atoms with Crippen molar-refractivity contribution in [3.63, 3.8) is 0 Å². The zero-order valence-electron chi connectivity index (χ0n) is 28.2. The third-order valence-electron chi connectivity index (χ3n) is 6.66. The van der Waals surface area contributed by atoms with E-state index in [0.717, 1.165) is 37.1 Å². The molecule has 6 nitrogen and oxygen atoms in total. The van der Waals surface area contributed by atoms with E-state index in [2.05, 4.69) is 78.9 Å². The van der Waals surface area contributed by atoms with E-state index in [1.165, 1.54) is 50.4 Å². The number of carbonyl (C=O) groups excluding carboxylic acids is 1. The Kier molecular flexibility index (Phi) is 22.5. The smallest absolute Gasteiger partial charge is 0.317 e. The molecule has 2 N–H and O–H groups in total. The topological polar surface area (TPSA) is 64.3 Å². The second kappa shape index (κ2) is 24.3. The standard InChI is InChI=1S/C15H20FN3.C14H22N2O.C3H8.C2H6.C2H4/c1-11(10-19-8-3-2-4-9-19)15-17-13-7-5-6-12(16)14(13)18-15;1-4-8-12(2)15-14(17)16(3)11-13-9-6-5-7-10-13;1-3-2;2*1-2/h5-7,11H,2-4,8-10H2,1H3,(H,17,18);4,6,9-10,12H,1,5,7-8,11H2,2-3H3,(H,15,17);3H2,1-2H3;1-2H3;1-2H2/t11-;;;;/m1..../s1. The molecule has 7 heteroatoms. The van der Waals surface area contributed by atoms with Crippen LogP contribution in [0.3, 0.4) is 0 Å². The highest BCUT2D eigenvalue weighted by molar-refractivity contribution is 5.75. The van der Waals surface area contributed by atoms with Crippen LogP contribution in [0, 0.1) is 5.82 Å². The first-order valence-electron chi connectivity index (χ1n) is 16.1. The maximum Gasteiger partial charge on any atom is 0.317 e. The van der Waals surface area contributed by atoms with Gasteiger partial charge in [-0.2, -0.15) is 0 Å². The molecule has 1 aromatic carbocycles. The van der Waals surface area contributed by atoms with Gasteiger partial charge in [-0.1, -0.05) is 77.8 Å². The van der Waals surface area contributed by atoms with Crippen molar-refractivity contribution >= 4 is 17.1 Å².